The van der Waals surface area contributed by atoms with Crippen LogP contribution in [-0.4, -0.2) is 52.7 Å². The summed E-state index contributed by atoms with van der Waals surface area (Å²) in [6, 6.07) is 11.0. The van der Waals surface area contributed by atoms with Crippen molar-refractivity contribution in [1.29, 1.82) is 0 Å². The first kappa shape index (κ1) is 25.6. The van der Waals surface area contributed by atoms with E-state index in [1.165, 1.54) is 0 Å². The molecule has 188 valence electrons. The maximum absolute atomic E-state index is 15.5. The molecular weight excluding hydrogens is 457 g/mol. The van der Waals surface area contributed by atoms with E-state index in [-0.39, 0.29) is 18.3 Å². The molecule has 1 aromatic carbocycles. The second-order valence-electron chi connectivity index (χ2n) is 9.34. The number of carboxylic acid groups (broad SMARTS) is 1. The van der Waals surface area contributed by atoms with Gasteiger partial charge >= 0.3 is 5.97 Å². The monoisotopic (exact) mass is 489 g/mol. The number of pyridine rings is 2. The van der Waals surface area contributed by atoms with Gasteiger partial charge in [-0.25, -0.2) is 4.39 Å². The highest BCUT2D eigenvalue weighted by Gasteiger charge is 2.30. The minimum atomic E-state index is -1.12. The number of halogens is 1. The van der Waals surface area contributed by atoms with Crippen molar-refractivity contribution in [1.82, 2.24) is 14.9 Å². The van der Waals surface area contributed by atoms with E-state index in [4.69, 9.17) is 4.74 Å². The number of nitrogens with zero attached hydrogens (tertiary/aromatic N) is 3. The smallest absolute Gasteiger partial charge is 0.303 e. The number of methoxy groups -OCH3 is 1. The Morgan fingerprint density at radius 3 is 2.81 bits per heavy atom. The zero-order valence-corrected chi connectivity index (χ0v) is 20.6. The van der Waals surface area contributed by atoms with Crippen LogP contribution in [0.15, 0.2) is 55.0 Å². The molecule has 3 atom stereocenters. The Morgan fingerprint density at radius 2 is 2.03 bits per heavy atom. The summed E-state index contributed by atoms with van der Waals surface area (Å²) in [6.07, 6.45) is 6.74. The van der Waals surface area contributed by atoms with E-state index in [9.17, 15) is 9.90 Å². The average molecular weight is 490 g/mol. The second-order valence-corrected chi connectivity index (χ2v) is 9.34. The van der Waals surface area contributed by atoms with Gasteiger partial charge in [-0.1, -0.05) is 11.8 Å². The molecule has 0 amide bonds. The SMILES string of the molecule is COc1ccc2nccc([C@H](F)CC[C@@H]3CCN(CC#Cc4ccncc4)C[C@H]3CCC(=O)O)c2c1. The molecule has 0 aliphatic carbocycles. The summed E-state index contributed by atoms with van der Waals surface area (Å²) in [7, 11) is 1.60. The Morgan fingerprint density at radius 1 is 1.19 bits per heavy atom. The predicted octanol–water partition coefficient (Wildman–Crippen LogP) is 5.28. The molecule has 3 aromatic rings. The predicted molar refractivity (Wildman–Crippen MR) is 137 cm³/mol. The Kier molecular flexibility index (Phi) is 8.85. The van der Waals surface area contributed by atoms with Gasteiger partial charge in [0.05, 0.1) is 19.2 Å². The van der Waals surface area contributed by atoms with Crippen molar-refractivity contribution in [3.63, 3.8) is 0 Å². The van der Waals surface area contributed by atoms with Crippen LogP contribution in [0, 0.1) is 23.7 Å². The number of ether oxygens (including phenoxy) is 1. The number of rotatable bonds is 9. The first-order valence-electron chi connectivity index (χ1n) is 12.4. The number of fused-ring (bicyclic) bond motifs is 1. The molecule has 2 aromatic heterocycles. The summed E-state index contributed by atoms with van der Waals surface area (Å²) >= 11 is 0. The number of piperidine rings is 1. The highest BCUT2D eigenvalue weighted by Crippen LogP contribution is 2.36. The maximum atomic E-state index is 15.5. The third kappa shape index (κ3) is 6.79. The van der Waals surface area contributed by atoms with Crippen molar-refractivity contribution >= 4 is 16.9 Å². The fraction of sp³-hybridized carbons (Fsp3) is 0.414. The molecule has 0 unspecified atom stereocenters. The minimum absolute atomic E-state index is 0.130. The van der Waals surface area contributed by atoms with Gasteiger partial charge in [-0.2, -0.15) is 0 Å². The quantitative estimate of drug-likeness (QED) is 0.412. The van der Waals surface area contributed by atoms with Gasteiger partial charge in [-0.15, -0.1) is 0 Å². The molecule has 7 heteroatoms. The topological polar surface area (TPSA) is 75.5 Å². The number of likely N-dealkylation sites (tertiary alicyclic amines) is 1. The number of hydrogen-bond acceptors (Lipinski definition) is 5. The first-order chi connectivity index (χ1) is 17.5. The number of aromatic nitrogens is 2. The number of carboxylic acids is 1. The summed E-state index contributed by atoms with van der Waals surface area (Å²) in [5, 5.41) is 10.0. The van der Waals surface area contributed by atoms with Gasteiger partial charge in [-0.3, -0.25) is 19.7 Å². The largest absolute Gasteiger partial charge is 0.497 e. The van der Waals surface area contributed by atoms with Gasteiger partial charge in [0.2, 0.25) is 0 Å². The van der Waals surface area contributed by atoms with Gasteiger partial charge in [-0.05, 0) is 86.0 Å². The molecule has 1 saturated heterocycles. The van der Waals surface area contributed by atoms with Crippen LogP contribution in [0.2, 0.25) is 0 Å². The molecule has 3 heterocycles. The molecular formula is C29H32FN3O3. The molecule has 1 fully saturated rings. The molecule has 0 radical (unpaired) electrons. The third-order valence-corrected chi connectivity index (χ3v) is 7.03. The molecule has 0 bridgehead atoms. The Labute approximate surface area is 211 Å². The summed E-state index contributed by atoms with van der Waals surface area (Å²) in [5.74, 6) is 6.77. The Hall–Kier alpha value is -3.50. The van der Waals surface area contributed by atoms with E-state index in [0.717, 1.165) is 42.4 Å². The van der Waals surface area contributed by atoms with E-state index < -0.39 is 12.1 Å². The van der Waals surface area contributed by atoms with Crippen LogP contribution < -0.4 is 4.74 Å². The Bertz CT molecular complexity index is 1220. The van der Waals surface area contributed by atoms with Crippen LogP contribution in [-0.2, 0) is 4.79 Å². The lowest BCUT2D eigenvalue weighted by atomic mass is 9.79. The average Bonchev–Trinajstić information content (AvgIpc) is 2.91. The molecule has 0 spiro atoms. The fourth-order valence-electron chi connectivity index (χ4n) is 5.07. The lowest BCUT2D eigenvalue weighted by molar-refractivity contribution is -0.137. The van der Waals surface area contributed by atoms with Crippen LogP contribution in [0.3, 0.4) is 0 Å². The minimum Gasteiger partial charge on any atom is -0.497 e. The zero-order chi connectivity index (χ0) is 25.3. The van der Waals surface area contributed by atoms with Crippen LogP contribution in [0.1, 0.15) is 49.4 Å². The summed E-state index contributed by atoms with van der Waals surface area (Å²) in [5.41, 5.74) is 2.30. The summed E-state index contributed by atoms with van der Waals surface area (Å²) in [4.78, 5) is 21.9. The van der Waals surface area contributed by atoms with Crippen molar-refractivity contribution in [2.24, 2.45) is 11.8 Å². The van der Waals surface area contributed by atoms with Crippen molar-refractivity contribution in [2.45, 2.75) is 38.3 Å². The highest BCUT2D eigenvalue weighted by molar-refractivity contribution is 5.83. The standard InChI is InChI=1S/C29H32FN3O3/c1-36-24-6-8-28-26(19-24)25(12-16-32-28)27(30)7-4-22-13-18-33(20-23(22)5-9-29(34)35)17-2-3-21-10-14-31-15-11-21/h6,8,10-12,14-16,19,22-23,27H,4-5,7,9,13,17-18,20H2,1H3,(H,34,35)/t22-,23-,27-/m1/s1. The van der Waals surface area contributed by atoms with Crippen LogP contribution in [0.5, 0.6) is 5.75 Å². The summed E-state index contributed by atoms with van der Waals surface area (Å²) < 4.78 is 20.8. The van der Waals surface area contributed by atoms with Crippen LogP contribution in [0.4, 0.5) is 4.39 Å². The second kappa shape index (κ2) is 12.5. The van der Waals surface area contributed by atoms with Gasteiger partial charge in [0.25, 0.3) is 0 Å². The molecule has 6 nitrogen and oxygen atoms in total. The molecule has 36 heavy (non-hydrogen) atoms. The number of carbonyl (C=O) groups is 1. The van der Waals surface area contributed by atoms with E-state index in [2.05, 4.69) is 26.7 Å². The normalized spacial score (nSPS) is 18.8. The van der Waals surface area contributed by atoms with Crippen molar-refractivity contribution in [3.05, 3.63) is 66.1 Å². The van der Waals surface area contributed by atoms with Crippen LogP contribution in [0.25, 0.3) is 10.9 Å². The Balaban J connectivity index is 1.39. The molecule has 1 aliphatic heterocycles. The van der Waals surface area contributed by atoms with Gasteiger partial charge in [0, 0.05) is 42.5 Å². The molecule has 0 saturated carbocycles. The van der Waals surface area contributed by atoms with Gasteiger partial charge in [0.1, 0.15) is 11.9 Å². The number of aliphatic carboxylic acids is 1. The van der Waals surface area contributed by atoms with Crippen molar-refractivity contribution < 1.29 is 19.0 Å². The molecule has 1 N–H and O–H groups in total. The van der Waals surface area contributed by atoms with E-state index in [1.54, 1.807) is 31.8 Å². The lowest BCUT2D eigenvalue weighted by Crippen LogP contribution is -2.41. The van der Waals surface area contributed by atoms with E-state index >= 15 is 4.39 Å². The van der Waals surface area contributed by atoms with Crippen molar-refractivity contribution in [3.8, 4) is 17.6 Å². The summed E-state index contributed by atoms with van der Waals surface area (Å²) in [6.45, 7) is 2.30. The van der Waals surface area contributed by atoms with Crippen molar-refractivity contribution in [2.75, 3.05) is 26.7 Å². The number of hydrogen-bond donors (Lipinski definition) is 1. The van der Waals surface area contributed by atoms with Gasteiger partial charge in [0.15, 0.2) is 0 Å². The first-order valence-corrected chi connectivity index (χ1v) is 12.4. The molecule has 4 rings (SSSR count). The third-order valence-electron chi connectivity index (χ3n) is 7.03. The van der Waals surface area contributed by atoms with Crippen LogP contribution >= 0.6 is 0 Å². The van der Waals surface area contributed by atoms with E-state index in [1.807, 2.05) is 30.3 Å². The molecule has 1 aliphatic rings. The zero-order valence-electron chi connectivity index (χ0n) is 20.6. The highest BCUT2D eigenvalue weighted by atomic mass is 19.1. The lowest BCUT2D eigenvalue weighted by Gasteiger charge is -2.38. The van der Waals surface area contributed by atoms with Gasteiger partial charge < -0.3 is 9.84 Å². The maximum Gasteiger partial charge on any atom is 0.303 e. The fourth-order valence-corrected chi connectivity index (χ4v) is 5.07. The number of benzene rings is 1. The van der Waals surface area contributed by atoms with E-state index in [0.29, 0.717) is 30.7 Å². The number of alkyl halides is 1.